The highest BCUT2D eigenvalue weighted by Gasteiger charge is 2.26. The lowest BCUT2D eigenvalue weighted by molar-refractivity contribution is 0.171. The van der Waals surface area contributed by atoms with Gasteiger partial charge in [0.2, 0.25) is 16.0 Å². The van der Waals surface area contributed by atoms with Gasteiger partial charge in [-0.1, -0.05) is 0 Å². The fraction of sp³-hybridized carbons (Fsp3) is 0.391. The van der Waals surface area contributed by atoms with Crippen LogP contribution in [0.2, 0.25) is 0 Å². The van der Waals surface area contributed by atoms with Crippen LogP contribution in [0.1, 0.15) is 38.2 Å². The molecule has 0 atom stereocenters. The number of likely N-dealkylation sites (tertiary alicyclic amines) is 1. The fourth-order valence-corrected chi connectivity index (χ4v) is 4.97. The highest BCUT2D eigenvalue weighted by atomic mass is 32.2. The summed E-state index contributed by atoms with van der Waals surface area (Å²) in [5.41, 5.74) is 2.30. The Hall–Kier alpha value is -2.75. The number of hydrogen-bond acceptors (Lipinski definition) is 7. The van der Waals surface area contributed by atoms with Gasteiger partial charge in [0.15, 0.2) is 0 Å². The Morgan fingerprint density at radius 3 is 2.41 bits per heavy atom. The maximum atomic E-state index is 11.9. The molecule has 3 aromatic rings. The molecule has 8 nitrogen and oxygen atoms in total. The molecule has 0 spiro atoms. The van der Waals surface area contributed by atoms with E-state index >= 15 is 0 Å². The lowest BCUT2D eigenvalue weighted by Crippen LogP contribution is -2.37. The molecular weight excluding hydrogens is 426 g/mol. The number of hydrogen-bond donors (Lipinski definition) is 3. The van der Waals surface area contributed by atoms with Gasteiger partial charge in [0, 0.05) is 28.9 Å². The first kappa shape index (κ1) is 22.4. The second-order valence-electron chi connectivity index (χ2n) is 8.39. The van der Waals surface area contributed by atoms with Crippen LogP contribution in [0.15, 0.2) is 47.5 Å². The summed E-state index contributed by atoms with van der Waals surface area (Å²) >= 11 is 0. The molecule has 0 bridgehead atoms. The van der Waals surface area contributed by atoms with E-state index in [2.05, 4.69) is 33.8 Å². The number of phenolic OH excluding ortho intramolecular Hbond substituents is 1. The molecule has 0 unspecified atom stereocenters. The van der Waals surface area contributed by atoms with E-state index in [1.54, 1.807) is 24.4 Å². The van der Waals surface area contributed by atoms with Gasteiger partial charge in [-0.15, -0.1) is 0 Å². The van der Waals surface area contributed by atoms with E-state index in [4.69, 9.17) is 4.98 Å². The van der Waals surface area contributed by atoms with E-state index in [1.807, 2.05) is 6.07 Å². The molecule has 1 fully saturated rings. The molecule has 1 aliphatic rings. The average Bonchev–Trinajstić information content (AvgIpc) is 2.79. The molecule has 9 heteroatoms. The number of piperidine rings is 1. The maximum Gasteiger partial charge on any atom is 0.240 e. The Morgan fingerprint density at radius 2 is 1.78 bits per heavy atom. The minimum absolute atomic E-state index is 0.185. The summed E-state index contributed by atoms with van der Waals surface area (Å²) in [5, 5.41) is 14.7. The molecule has 3 N–H and O–H groups in total. The molecule has 0 radical (unpaired) electrons. The van der Waals surface area contributed by atoms with Crippen molar-refractivity contribution >= 4 is 32.6 Å². The van der Waals surface area contributed by atoms with E-state index in [1.165, 1.54) is 19.2 Å². The van der Waals surface area contributed by atoms with Gasteiger partial charge in [-0.25, -0.2) is 23.1 Å². The zero-order valence-electron chi connectivity index (χ0n) is 18.5. The number of phenols is 1. The summed E-state index contributed by atoms with van der Waals surface area (Å²) in [6, 6.07) is 10.5. The van der Waals surface area contributed by atoms with Crippen LogP contribution in [-0.2, 0) is 10.0 Å². The first-order valence-corrected chi connectivity index (χ1v) is 12.3. The Kier molecular flexibility index (Phi) is 6.32. The van der Waals surface area contributed by atoms with Crippen molar-refractivity contribution in [1.82, 2.24) is 19.6 Å². The fourth-order valence-electron chi connectivity index (χ4n) is 4.24. The van der Waals surface area contributed by atoms with Gasteiger partial charge in [-0.05, 0) is 89.1 Å². The Balaban J connectivity index is 1.62. The van der Waals surface area contributed by atoms with Crippen molar-refractivity contribution in [2.24, 2.45) is 0 Å². The van der Waals surface area contributed by atoms with Crippen molar-refractivity contribution in [3.05, 3.63) is 48.2 Å². The third-order valence-corrected chi connectivity index (χ3v) is 7.56. The van der Waals surface area contributed by atoms with Gasteiger partial charge in [-0.2, -0.15) is 0 Å². The molecule has 2 heterocycles. The SMILES string of the molecule is CNS(=O)(=O)c1ccc(Nc2ncc3ccc(O)c(C4CCN(C(C)C)CC4)c3n2)cc1. The van der Waals surface area contributed by atoms with E-state index in [9.17, 15) is 13.5 Å². The highest BCUT2D eigenvalue weighted by molar-refractivity contribution is 7.89. The lowest BCUT2D eigenvalue weighted by Gasteiger charge is -2.35. The number of fused-ring (bicyclic) bond motifs is 1. The van der Waals surface area contributed by atoms with Crippen LogP contribution in [-0.4, -0.2) is 54.6 Å². The molecule has 0 amide bonds. The second-order valence-corrected chi connectivity index (χ2v) is 10.3. The third-order valence-electron chi connectivity index (χ3n) is 6.13. The molecule has 1 aliphatic heterocycles. The summed E-state index contributed by atoms with van der Waals surface area (Å²) in [6.07, 6.45) is 3.69. The first-order chi connectivity index (χ1) is 15.3. The van der Waals surface area contributed by atoms with Crippen molar-refractivity contribution < 1.29 is 13.5 Å². The predicted octanol–water partition coefficient (Wildman–Crippen LogP) is 3.57. The van der Waals surface area contributed by atoms with Gasteiger partial charge in [0.05, 0.1) is 10.4 Å². The van der Waals surface area contributed by atoms with E-state index in [0.717, 1.165) is 42.4 Å². The van der Waals surface area contributed by atoms with Gasteiger partial charge in [0.25, 0.3) is 0 Å². The van der Waals surface area contributed by atoms with Crippen LogP contribution in [0.5, 0.6) is 5.75 Å². The van der Waals surface area contributed by atoms with Crippen molar-refractivity contribution in [2.75, 3.05) is 25.5 Å². The first-order valence-electron chi connectivity index (χ1n) is 10.8. The molecule has 1 aromatic heterocycles. The summed E-state index contributed by atoms with van der Waals surface area (Å²) in [4.78, 5) is 11.8. The van der Waals surface area contributed by atoms with Crippen molar-refractivity contribution in [2.45, 2.75) is 43.5 Å². The monoisotopic (exact) mass is 455 g/mol. The third kappa shape index (κ3) is 4.55. The summed E-state index contributed by atoms with van der Waals surface area (Å²) in [7, 11) is -2.11. The van der Waals surface area contributed by atoms with Crippen LogP contribution in [0, 0.1) is 0 Å². The number of anilines is 2. The Bertz CT molecular complexity index is 1200. The number of sulfonamides is 1. The van der Waals surface area contributed by atoms with Crippen molar-refractivity contribution in [3.8, 4) is 5.75 Å². The number of aromatic hydroxyl groups is 1. The van der Waals surface area contributed by atoms with Crippen LogP contribution in [0.25, 0.3) is 10.9 Å². The maximum absolute atomic E-state index is 11.9. The standard InChI is InChI=1S/C23H29N5O3S/c1-15(2)28-12-10-16(11-13-28)21-20(29)9-4-17-14-25-23(27-22(17)21)26-18-5-7-19(8-6-18)32(30,31)24-3/h4-9,14-16,24,29H,10-13H2,1-3H3,(H,25,26,27). The molecule has 0 saturated carbocycles. The number of benzene rings is 2. The number of nitrogens with zero attached hydrogens (tertiary/aromatic N) is 3. The predicted molar refractivity (Wildman–Crippen MR) is 126 cm³/mol. The molecular formula is C23H29N5O3S. The normalized spacial score (nSPS) is 16.0. The summed E-state index contributed by atoms with van der Waals surface area (Å²) in [5.74, 6) is 0.905. The molecule has 0 aliphatic carbocycles. The van der Waals surface area contributed by atoms with E-state index in [-0.39, 0.29) is 16.6 Å². The molecule has 170 valence electrons. The number of aromatic nitrogens is 2. The molecule has 2 aromatic carbocycles. The van der Waals surface area contributed by atoms with E-state index in [0.29, 0.717) is 17.7 Å². The topological polar surface area (TPSA) is 107 Å². The molecule has 1 saturated heterocycles. The zero-order valence-corrected chi connectivity index (χ0v) is 19.4. The summed E-state index contributed by atoms with van der Waals surface area (Å²) in [6.45, 7) is 6.41. The number of rotatable bonds is 6. The highest BCUT2D eigenvalue weighted by Crippen LogP contribution is 2.38. The zero-order chi connectivity index (χ0) is 22.9. The molecule has 32 heavy (non-hydrogen) atoms. The minimum atomic E-state index is -3.49. The van der Waals surface area contributed by atoms with Crippen molar-refractivity contribution in [3.63, 3.8) is 0 Å². The van der Waals surface area contributed by atoms with E-state index < -0.39 is 10.0 Å². The quantitative estimate of drug-likeness (QED) is 0.521. The van der Waals surface area contributed by atoms with Gasteiger partial charge in [-0.3, -0.25) is 0 Å². The minimum Gasteiger partial charge on any atom is -0.508 e. The number of nitrogens with one attached hydrogen (secondary N) is 2. The van der Waals surface area contributed by atoms with Crippen LogP contribution in [0.3, 0.4) is 0 Å². The van der Waals surface area contributed by atoms with Crippen LogP contribution < -0.4 is 10.0 Å². The lowest BCUT2D eigenvalue weighted by atomic mass is 9.87. The van der Waals surface area contributed by atoms with Gasteiger partial charge in [0.1, 0.15) is 5.75 Å². The molecule has 4 rings (SSSR count). The summed E-state index contributed by atoms with van der Waals surface area (Å²) < 4.78 is 26.1. The van der Waals surface area contributed by atoms with Gasteiger partial charge < -0.3 is 15.3 Å². The largest absolute Gasteiger partial charge is 0.508 e. The Labute approximate surface area is 188 Å². The Morgan fingerprint density at radius 1 is 1.09 bits per heavy atom. The second kappa shape index (κ2) is 9.01. The smallest absolute Gasteiger partial charge is 0.240 e. The average molecular weight is 456 g/mol. The van der Waals surface area contributed by atoms with Crippen LogP contribution >= 0.6 is 0 Å². The van der Waals surface area contributed by atoms with Crippen molar-refractivity contribution in [1.29, 1.82) is 0 Å². The van der Waals surface area contributed by atoms with Gasteiger partial charge >= 0.3 is 0 Å². The van der Waals surface area contributed by atoms with Crippen LogP contribution in [0.4, 0.5) is 11.6 Å².